The molecule has 0 aliphatic rings. The number of thiazole rings is 1. The molecule has 0 saturated carbocycles. The van der Waals surface area contributed by atoms with Crippen molar-refractivity contribution in [1.82, 2.24) is 9.88 Å². The number of aliphatic hydroxyl groups is 1. The van der Waals surface area contributed by atoms with E-state index >= 15 is 0 Å². The Morgan fingerprint density at radius 1 is 1.26 bits per heavy atom. The van der Waals surface area contributed by atoms with Crippen molar-refractivity contribution in [3.05, 3.63) is 34.8 Å². The van der Waals surface area contributed by atoms with Gasteiger partial charge in [-0.2, -0.15) is 0 Å². The van der Waals surface area contributed by atoms with Gasteiger partial charge in [-0.15, -0.1) is 23.7 Å². The molecule has 1 aromatic heterocycles. The first-order valence-electron chi connectivity index (χ1n) is 6.90. The van der Waals surface area contributed by atoms with Gasteiger partial charge in [0.15, 0.2) is 5.13 Å². The second-order valence-corrected chi connectivity index (χ2v) is 5.92. The number of anilines is 1. The fourth-order valence-electron chi connectivity index (χ4n) is 2.19. The van der Waals surface area contributed by atoms with E-state index in [2.05, 4.69) is 9.88 Å². The summed E-state index contributed by atoms with van der Waals surface area (Å²) in [6.07, 6.45) is 1.77. The van der Waals surface area contributed by atoms with Gasteiger partial charge in [-0.1, -0.05) is 6.07 Å². The molecule has 128 valence electrons. The lowest BCUT2D eigenvalue weighted by Gasteiger charge is -2.22. The highest BCUT2D eigenvalue weighted by atomic mass is 35.5. The zero-order valence-corrected chi connectivity index (χ0v) is 14.8. The first kappa shape index (κ1) is 19.5. The quantitative estimate of drug-likeness (QED) is 0.751. The Hall–Kier alpha value is -1.54. The van der Waals surface area contributed by atoms with E-state index < -0.39 is 0 Å². The zero-order chi connectivity index (χ0) is 15.9. The molecular formula is C15H22ClN3O3S. The highest BCUT2D eigenvalue weighted by Crippen LogP contribution is 2.26. The van der Waals surface area contributed by atoms with Gasteiger partial charge in [-0.05, 0) is 6.07 Å². The molecule has 0 bridgehead atoms. The molecule has 2 rings (SSSR count). The molecule has 0 unspecified atom stereocenters. The highest BCUT2D eigenvalue weighted by Gasteiger charge is 2.12. The second-order valence-electron chi connectivity index (χ2n) is 4.78. The number of nitrogen functional groups attached to an aromatic ring is 1. The molecular weight excluding hydrogens is 338 g/mol. The van der Waals surface area contributed by atoms with E-state index in [4.69, 9.17) is 15.2 Å². The number of aliphatic hydroxyl groups excluding tert-OH is 1. The molecule has 0 aliphatic carbocycles. The van der Waals surface area contributed by atoms with Crippen LogP contribution < -0.4 is 15.2 Å². The predicted octanol–water partition coefficient (Wildman–Crippen LogP) is 2.16. The summed E-state index contributed by atoms with van der Waals surface area (Å²) in [5.74, 6) is 1.52. The first-order chi connectivity index (χ1) is 10.7. The van der Waals surface area contributed by atoms with Crippen molar-refractivity contribution >= 4 is 28.9 Å². The number of methoxy groups -OCH3 is 2. The third-order valence-corrected chi connectivity index (χ3v) is 4.07. The molecule has 0 aliphatic heterocycles. The minimum Gasteiger partial charge on any atom is -0.497 e. The van der Waals surface area contributed by atoms with Gasteiger partial charge in [0.2, 0.25) is 0 Å². The van der Waals surface area contributed by atoms with Gasteiger partial charge in [0.05, 0.1) is 20.8 Å². The van der Waals surface area contributed by atoms with E-state index in [1.807, 2.05) is 18.2 Å². The normalized spacial score (nSPS) is 10.4. The van der Waals surface area contributed by atoms with Crippen molar-refractivity contribution in [3.63, 3.8) is 0 Å². The van der Waals surface area contributed by atoms with Gasteiger partial charge in [0, 0.05) is 42.3 Å². The number of rotatable bonds is 8. The Balaban J connectivity index is 0.00000264. The molecule has 0 fully saturated rings. The van der Waals surface area contributed by atoms with Crippen LogP contribution in [0.5, 0.6) is 11.5 Å². The van der Waals surface area contributed by atoms with Crippen LogP contribution in [0.25, 0.3) is 0 Å². The number of hydrogen-bond acceptors (Lipinski definition) is 7. The van der Waals surface area contributed by atoms with E-state index in [1.54, 1.807) is 20.4 Å². The average Bonchev–Trinajstić information content (AvgIpc) is 2.93. The lowest BCUT2D eigenvalue weighted by molar-refractivity contribution is 0.184. The van der Waals surface area contributed by atoms with Gasteiger partial charge >= 0.3 is 0 Å². The number of hydrogen-bond donors (Lipinski definition) is 2. The van der Waals surface area contributed by atoms with E-state index in [0.29, 0.717) is 24.8 Å². The topological polar surface area (TPSA) is 80.8 Å². The molecule has 0 saturated heterocycles. The van der Waals surface area contributed by atoms with Gasteiger partial charge < -0.3 is 20.3 Å². The van der Waals surface area contributed by atoms with Gasteiger partial charge in [0.1, 0.15) is 11.5 Å². The third-order valence-electron chi connectivity index (χ3n) is 3.26. The average molecular weight is 360 g/mol. The van der Waals surface area contributed by atoms with Crippen LogP contribution in [0.15, 0.2) is 24.4 Å². The monoisotopic (exact) mass is 359 g/mol. The maximum absolute atomic E-state index is 9.28. The number of nitrogens with zero attached hydrogens (tertiary/aromatic N) is 2. The Morgan fingerprint density at radius 2 is 2.04 bits per heavy atom. The maximum Gasteiger partial charge on any atom is 0.180 e. The summed E-state index contributed by atoms with van der Waals surface area (Å²) in [5.41, 5.74) is 6.70. The Bertz CT molecular complexity index is 609. The maximum atomic E-state index is 9.28. The van der Waals surface area contributed by atoms with E-state index in [1.165, 1.54) is 11.3 Å². The molecule has 3 N–H and O–H groups in total. The number of ether oxygens (including phenoxy) is 2. The van der Waals surface area contributed by atoms with Crippen LogP contribution in [0, 0.1) is 0 Å². The predicted molar refractivity (Wildman–Crippen MR) is 94.5 cm³/mol. The van der Waals surface area contributed by atoms with E-state index in [-0.39, 0.29) is 19.0 Å². The smallest absolute Gasteiger partial charge is 0.180 e. The van der Waals surface area contributed by atoms with E-state index in [0.717, 1.165) is 21.9 Å². The summed E-state index contributed by atoms with van der Waals surface area (Å²) in [7, 11) is 3.26. The Morgan fingerprint density at radius 3 is 2.61 bits per heavy atom. The molecule has 0 spiro atoms. The van der Waals surface area contributed by atoms with E-state index in [9.17, 15) is 5.11 Å². The summed E-state index contributed by atoms with van der Waals surface area (Å²) in [4.78, 5) is 7.25. The van der Waals surface area contributed by atoms with Crippen LogP contribution in [0.1, 0.15) is 10.4 Å². The van der Waals surface area contributed by atoms with Crippen molar-refractivity contribution in [2.45, 2.75) is 13.1 Å². The van der Waals surface area contributed by atoms with Gasteiger partial charge in [-0.25, -0.2) is 4.98 Å². The van der Waals surface area contributed by atoms with Crippen molar-refractivity contribution in [1.29, 1.82) is 0 Å². The Kier molecular flexibility index (Phi) is 8.11. The van der Waals surface area contributed by atoms with Crippen molar-refractivity contribution in [2.24, 2.45) is 0 Å². The highest BCUT2D eigenvalue weighted by molar-refractivity contribution is 7.15. The van der Waals surface area contributed by atoms with Crippen LogP contribution in [-0.2, 0) is 13.1 Å². The van der Waals surface area contributed by atoms with Crippen LogP contribution in [0.2, 0.25) is 0 Å². The molecule has 0 radical (unpaired) electrons. The molecule has 6 nitrogen and oxygen atoms in total. The largest absolute Gasteiger partial charge is 0.497 e. The second kappa shape index (κ2) is 9.57. The zero-order valence-electron chi connectivity index (χ0n) is 13.2. The number of halogens is 1. The summed E-state index contributed by atoms with van der Waals surface area (Å²) in [6, 6.07) is 5.74. The van der Waals surface area contributed by atoms with Crippen molar-refractivity contribution in [2.75, 3.05) is 33.1 Å². The lowest BCUT2D eigenvalue weighted by Crippen LogP contribution is -2.26. The molecule has 23 heavy (non-hydrogen) atoms. The molecule has 0 atom stereocenters. The minimum absolute atomic E-state index is 0. The summed E-state index contributed by atoms with van der Waals surface area (Å²) >= 11 is 1.46. The van der Waals surface area contributed by atoms with Crippen LogP contribution in [-0.4, -0.2) is 42.4 Å². The first-order valence-corrected chi connectivity index (χ1v) is 7.72. The molecule has 8 heteroatoms. The van der Waals surface area contributed by atoms with Crippen LogP contribution in [0.4, 0.5) is 5.13 Å². The summed E-state index contributed by atoms with van der Waals surface area (Å²) < 4.78 is 10.6. The summed E-state index contributed by atoms with van der Waals surface area (Å²) in [5, 5.41) is 9.83. The number of aromatic nitrogens is 1. The van der Waals surface area contributed by atoms with Crippen molar-refractivity contribution < 1.29 is 14.6 Å². The molecule has 2 aromatic rings. The summed E-state index contributed by atoms with van der Waals surface area (Å²) in [6.45, 7) is 2.00. The van der Waals surface area contributed by atoms with Gasteiger partial charge in [0.25, 0.3) is 0 Å². The van der Waals surface area contributed by atoms with Gasteiger partial charge in [-0.3, -0.25) is 4.90 Å². The molecule has 0 amide bonds. The third kappa shape index (κ3) is 5.54. The minimum atomic E-state index is 0. The van der Waals surface area contributed by atoms with Crippen LogP contribution in [0.3, 0.4) is 0 Å². The standard InChI is InChI=1S/C15H21N3O3S.ClH/c1-20-12-4-3-11(14(7-12)21-2)9-18(5-6-19)10-13-8-17-15(16)22-13;/h3-4,7-8,19H,5-6,9-10H2,1-2H3,(H2,16,17);1H. The van der Waals surface area contributed by atoms with Crippen molar-refractivity contribution in [3.8, 4) is 11.5 Å². The SMILES string of the molecule is COc1ccc(CN(CCO)Cc2cnc(N)s2)c(OC)c1.Cl. The fraction of sp³-hybridized carbons (Fsp3) is 0.400. The van der Waals surface area contributed by atoms with Crippen LogP contribution >= 0.6 is 23.7 Å². The number of benzene rings is 1. The molecule has 1 heterocycles. The molecule has 1 aromatic carbocycles. The number of nitrogens with two attached hydrogens (primary N) is 1. The fourth-order valence-corrected chi connectivity index (χ4v) is 2.92. The lowest BCUT2D eigenvalue weighted by atomic mass is 10.1. The Labute approximate surface area is 146 Å².